The molecule has 4 nitrogen and oxygen atoms in total. The van der Waals surface area contributed by atoms with Gasteiger partial charge in [0, 0.05) is 18.0 Å². The molecular formula is C15H24N2O2S. The van der Waals surface area contributed by atoms with E-state index in [0.29, 0.717) is 18.3 Å². The van der Waals surface area contributed by atoms with E-state index >= 15 is 0 Å². The van der Waals surface area contributed by atoms with Gasteiger partial charge in [-0.3, -0.25) is 0 Å². The lowest BCUT2D eigenvalue weighted by atomic mass is 10.1. The number of aryl methyl sites for hydroxylation is 1. The van der Waals surface area contributed by atoms with Crippen LogP contribution in [0.15, 0.2) is 0 Å². The third-order valence-electron chi connectivity index (χ3n) is 3.93. The van der Waals surface area contributed by atoms with Crippen LogP contribution in [0.4, 0.5) is 5.13 Å². The Hall–Kier alpha value is -1.10. The molecule has 1 aromatic heterocycles. The molecule has 0 aromatic carbocycles. The van der Waals surface area contributed by atoms with E-state index in [1.807, 2.05) is 13.8 Å². The first-order valence-corrected chi connectivity index (χ1v) is 8.32. The van der Waals surface area contributed by atoms with Crippen LogP contribution in [0.2, 0.25) is 0 Å². The van der Waals surface area contributed by atoms with Gasteiger partial charge >= 0.3 is 5.97 Å². The fourth-order valence-electron chi connectivity index (χ4n) is 2.72. The van der Waals surface area contributed by atoms with E-state index < -0.39 is 0 Å². The molecule has 1 fully saturated rings. The van der Waals surface area contributed by atoms with Crippen molar-refractivity contribution in [1.29, 1.82) is 0 Å². The molecule has 1 aliphatic rings. The molecule has 0 spiro atoms. The Balaban J connectivity index is 2.11. The minimum Gasteiger partial charge on any atom is -0.461 e. The maximum atomic E-state index is 11.8. The number of carbonyl (C=O) groups is 1. The Morgan fingerprint density at radius 2 is 2.00 bits per heavy atom. The molecule has 0 aliphatic heterocycles. The van der Waals surface area contributed by atoms with Crippen molar-refractivity contribution in [3.8, 4) is 0 Å². The van der Waals surface area contributed by atoms with Crippen molar-refractivity contribution in [2.24, 2.45) is 0 Å². The molecule has 112 valence electrons. The van der Waals surface area contributed by atoms with Gasteiger partial charge in [-0.2, -0.15) is 0 Å². The minimum atomic E-state index is -0.304. The largest absolute Gasteiger partial charge is 0.461 e. The number of thiazole rings is 1. The number of anilines is 1. The van der Waals surface area contributed by atoms with Crippen LogP contribution in [0.3, 0.4) is 0 Å². The number of hydrogen-bond donors (Lipinski definition) is 0. The highest BCUT2D eigenvalue weighted by Crippen LogP contribution is 2.30. The van der Waals surface area contributed by atoms with Gasteiger partial charge in [0.15, 0.2) is 10.8 Å². The second-order valence-corrected chi connectivity index (χ2v) is 6.56. The van der Waals surface area contributed by atoms with Crippen molar-refractivity contribution < 1.29 is 9.53 Å². The third-order valence-corrected chi connectivity index (χ3v) is 4.99. The predicted octanol–water partition coefficient (Wildman–Crippen LogP) is 3.79. The second-order valence-electron chi connectivity index (χ2n) is 5.38. The van der Waals surface area contributed by atoms with Crippen LogP contribution < -0.4 is 4.90 Å². The van der Waals surface area contributed by atoms with Gasteiger partial charge in [0.1, 0.15) is 0 Å². The number of nitrogens with zero attached hydrogens (tertiary/aromatic N) is 2. The van der Waals surface area contributed by atoms with Crippen molar-refractivity contribution in [3.63, 3.8) is 0 Å². The summed E-state index contributed by atoms with van der Waals surface area (Å²) in [6.45, 7) is 4.15. The number of ether oxygens (including phenoxy) is 1. The van der Waals surface area contributed by atoms with Crippen molar-refractivity contribution in [1.82, 2.24) is 4.98 Å². The molecule has 1 saturated carbocycles. The average molecular weight is 296 g/mol. The number of esters is 1. The van der Waals surface area contributed by atoms with Gasteiger partial charge in [-0.1, -0.05) is 25.7 Å². The van der Waals surface area contributed by atoms with Crippen LogP contribution in [0.5, 0.6) is 0 Å². The van der Waals surface area contributed by atoms with Gasteiger partial charge in [-0.05, 0) is 26.7 Å². The molecule has 0 saturated heterocycles. The van der Waals surface area contributed by atoms with Gasteiger partial charge in [-0.25, -0.2) is 9.78 Å². The van der Waals surface area contributed by atoms with E-state index in [4.69, 9.17) is 4.74 Å². The highest BCUT2D eigenvalue weighted by molar-refractivity contribution is 7.15. The lowest BCUT2D eigenvalue weighted by Crippen LogP contribution is -2.31. The average Bonchev–Trinajstić information content (AvgIpc) is 2.65. The lowest BCUT2D eigenvalue weighted by molar-refractivity contribution is 0.0519. The van der Waals surface area contributed by atoms with Crippen molar-refractivity contribution in [2.75, 3.05) is 18.6 Å². The topological polar surface area (TPSA) is 42.4 Å². The summed E-state index contributed by atoms with van der Waals surface area (Å²) in [4.78, 5) is 19.5. The molecule has 2 rings (SSSR count). The molecular weight excluding hydrogens is 272 g/mol. The summed E-state index contributed by atoms with van der Waals surface area (Å²) >= 11 is 1.59. The summed E-state index contributed by atoms with van der Waals surface area (Å²) in [5, 5.41) is 0.942. The van der Waals surface area contributed by atoms with Crippen molar-refractivity contribution >= 4 is 22.4 Å². The van der Waals surface area contributed by atoms with Gasteiger partial charge in [0.25, 0.3) is 0 Å². The molecule has 20 heavy (non-hydrogen) atoms. The molecule has 1 aromatic rings. The Bertz CT molecular complexity index is 451. The van der Waals surface area contributed by atoms with Crippen LogP contribution >= 0.6 is 11.3 Å². The standard InChI is InChI=1S/C15H24N2O2S/c1-4-19-14(18)13-11(2)20-15(16-13)17(3)12-9-7-5-6-8-10-12/h12H,4-10H2,1-3H3. The van der Waals surface area contributed by atoms with E-state index in [2.05, 4.69) is 16.9 Å². The quantitative estimate of drug-likeness (QED) is 0.626. The lowest BCUT2D eigenvalue weighted by Gasteiger charge is -2.26. The molecule has 1 heterocycles. The number of carbonyl (C=O) groups excluding carboxylic acids is 1. The zero-order valence-corrected chi connectivity index (χ0v) is 13.5. The summed E-state index contributed by atoms with van der Waals surface area (Å²) in [6, 6.07) is 0.554. The van der Waals surface area contributed by atoms with Crippen LogP contribution in [0, 0.1) is 6.92 Å². The van der Waals surface area contributed by atoms with E-state index in [0.717, 1.165) is 10.0 Å². The van der Waals surface area contributed by atoms with Crippen molar-refractivity contribution in [3.05, 3.63) is 10.6 Å². The molecule has 0 unspecified atom stereocenters. The third kappa shape index (κ3) is 3.51. The highest BCUT2D eigenvalue weighted by atomic mass is 32.1. The Labute approximate surface area is 125 Å². The Kier molecular flexibility index (Phi) is 5.40. The van der Waals surface area contributed by atoms with Gasteiger partial charge < -0.3 is 9.64 Å². The van der Waals surface area contributed by atoms with E-state index in [-0.39, 0.29) is 5.97 Å². The second kappa shape index (κ2) is 7.07. The summed E-state index contributed by atoms with van der Waals surface area (Å²) < 4.78 is 5.05. The minimum absolute atomic E-state index is 0.304. The van der Waals surface area contributed by atoms with Crippen LogP contribution in [-0.2, 0) is 4.74 Å². The maximum Gasteiger partial charge on any atom is 0.358 e. The van der Waals surface area contributed by atoms with Gasteiger partial charge in [-0.15, -0.1) is 11.3 Å². The first-order chi connectivity index (χ1) is 9.63. The molecule has 1 aliphatic carbocycles. The van der Waals surface area contributed by atoms with Crippen LogP contribution in [0.25, 0.3) is 0 Å². The Morgan fingerprint density at radius 3 is 2.60 bits per heavy atom. The zero-order chi connectivity index (χ0) is 14.5. The molecule has 0 amide bonds. The number of aromatic nitrogens is 1. The van der Waals surface area contributed by atoms with E-state index in [1.165, 1.54) is 38.5 Å². The van der Waals surface area contributed by atoms with Crippen LogP contribution in [-0.4, -0.2) is 30.6 Å². The smallest absolute Gasteiger partial charge is 0.358 e. The number of hydrogen-bond acceptors (Lipinski definition) is 5. The predicted molar refractivity (Wildman–Crippen MR) is 82.7 cm³/mol. The Morgan fingerprint density at radius 1 is 1.35 bits per heavy atom. The zero-order valence-electron chi connectivity index (χ0n) is 12.6. The highest BCUT2D eigenvalue weighted by Gasteiger charge is 2.23. The normalized spacial score (nSPS) is 16.8. The van der Waals surface area contributed by atoms with E-state index in [9.17, 15) is 4.79 Å². The molecule has 0 N–H and O–H groups in total. The molecule has 0 bridgehead atoms. The molecule has 0 atom stereocenters. The summed E-state index contributed by atoms with van der Waals surface area (Å²) in [5.41, 5.74) is 0.479. The fraction of sp³-hybridized carbons (Fsp3) is 0.733. The molecule has 0 radical (unpaired) electrons. The molecule has 5 heteroatoms. The van der Waals surface area contributed by atoms with Crippen molar-refractivity contribution in [2.45, 2.75) is 58.4 Å². The fourth-order valence-corrected chi connectivity index (χ4v) is 3.65. The monoisotopic (exact) mass is 296 g/mol. The van der Waals surface area contributed by atoms with Crippen LogP contribution in [0.1, 0.15) is 60.8 Å². The van der Waals surface area contributed by atoms with Gasteiger partial charge in [0.2, 0.25) is 0 Å². The van der Waals surface area contributed by atoms with E-state index in [1.54, 1.807) is 11.3 Å². The number of rotatable bonds is 4. The summed E-state index contributed by atoms with van der Waals surface area (Å²) in [6.07, 6.45) is 7.73. The summed E-state index contributed by atoms with van der Waals surface area (Å²) in [5.74, 6) is -0.304. The first kappa shape index (κ1) is 15.3. The first-order valence-electron chi connectivity index (χ1n) is 7.51. The SMILES string of the molecule is CCOC(=O)c1nc(N(C)C2CCCCCC2)sc1C. The maximum absolute atomic E-state index is 11.8. The summed E-state index contributed by atoms with van der Waals surface area (Å²) in [7, 11) is 2.10. The van der Waals surface area contributed by atoms with Gasteiger partial charge in [0.05, 0.1) is 6.61 Å².